The maximum absolute atomic E-state index is 12.5. The summed E-state index contributed by atoms with van der Waals surface area (Å²) in [5.41, 5.74) is 1.74. The molecular formula is C20H25NO3. The Morgan fingerprint density at radius 2 is 2.08 bits per heavy atom. The number of hydrogen-bond donors (Lipinski definition) is 1. The van der Waals surface area contributed by atoms with E-state index in [1.165, 1.54) is 18.1 Å². The Morgan fingerprint density at radius 1 is 1.25 bits per heavy atom. The second-order valence-corrected chi connectivity index (χ2v) is 6.84. The molecule has 3 rings (SSSR count). The molecule has 1 N–H and O–H groups in total. The van der Waals surface area contributed by atoms with Gasteiger partial charge >= 0.3 is 0 Å². The van der Waals surface area contributed by atoms with Crippen LogP contribution in [0, 0.1) is 5.41 Å². The minimum absolute atomic E-state index is 0.00401. The van der Waals surface area contributed by atoms with E-state index in [4.69, 9.17) is 4.42 Å². The molecule has 2 heterocycles. The molecule has 0 spiro atoms. The lowest BCUT2D eigenvalue weighted by atomic mass is 9.76. The van der Waals surface area contributed by atoms with Crippen LogP contribution in [-0.2, 0) is 6.42 Å². The Kier molecular flexibility index (Phi) is 5.36. The summed E-state index contributed by atoms with van der Waals surface area (Å²) in [5.74, 6) is 0.00401. The predicted molar refractivity (Wildman–Crippen MR) is 92.7 cm³/mol. The van der Waals surface area contributed by atoms with Crippen LogP contribution in [0.5, 0.6) is 0 Å². The number of aliphatic hydroxyl groups excluding tert-OH is 1. The number of carbonyl (C=O) groups excluding carboxylic acids is 1. The molecule has 0 saturated carbocycles. The van der Waals surface area contributed by atoms with E-state index >= 15 is 0 Å². The standard InChI is InChI=1S/C20H25NO3/c22-16-20(10-4-8-17-6-2-1-3-7-17)11-5-12-21(15-20)19(23)18-9-13-24-14-18/h1-3,6-7,9,13-14,22H,4-5,8,10-12,15-16H2/t20-/m0/s1. The first kappa shape index (κ1) is 16.8. The molecule has 4 nitrogen and oxygen atoms in total. The Labute approximate surface area is 143 Å². The van der Waals surface area contributed by atoms with Crippen LogP contribution in [0.15, 0.2) is 53.3 Å². The van der Waals surface area contributed by atoms with Crippen molar-refractivity contribution in [3.63, 3.8) is 0 Å². The molecule has 0 radical (unpaired) electrons. The average Bonchev–Trinajstić information content (AvgIpc) is 3.17. The van der Waals surface area contributed by atoms with Gasteiger partial charge in [-0.25, -0.2) is 0 Å². The number of aryl methyl sites for hydroxylation is 1. The molecule has 1 amide bonds. The number of hydrogen-bond acceptors (Lipinski definition) is 3. The molecule has 1 saturated heterocycles. The molecule has 1 aliphatic heterocycles. The smallest absolute Gasteiger partial charge is 0.257 e. The van der Waals surface area contributed by atoms with Crippen LogP contribution in [0.1, 0.15) is 41.6 Å². The summed E-state index contributed by atoms with van der Waals surface area (Å²) in [7, 11) is 0. The first-order valence-electron chi connectivity index (χ1n) is 8.69. The minimum Gasteiger partial charge on any atom is -0.472 e. The number of carbonyl (C=O) groups is 1. The Bertz CT molecular complexity index is 638. The molecule has 24 heavy (non-hydrogen) atoms. The van der Waals surface area contributed by atoms with Gasteiger partial charge < -0.3 is 14.4 Å². The van der Waals surface area contributed by atoms with Crippen molar-refractivity contribution in [2.45, 2.75) is 32.1 Å². The number of benzene rings is 1. The fourth-order valence-corrected chi connectivity index (χ4v) is 3.67. The lowest BCUT2D eigenvalue weighted by molar-refractivity contribution is 0.0216. The summed E-state index contributed by atoms with van der Waals surface area (Å²) in [4.78, 5) is 14.4. The van der Waals surface area contributed by atoms with E-state index in [1.807, 2.05) is 11.0 Å². The molecule has 1 fully saturated rings. The van der Waals surface area contributed by atoms with Crippen molar-refractivity contribution in [1.29, 1.82) is 0 Å². The van der Waals surface area contributed by atoms with E-state index in [1.54, 1.807) is 6.07 Å². The lowest BCUT2D eigenvalue weighted by Gasteiger charge is -2.42. The van der Waals surface area contributed by atoms with Crippen LogP contribution in [0.4, 0.5) is 0 Å². The molecule has 4 heteroatoms. The number of rotatable bonds is 6. The highest BCUT2D eigenvalue weighted by molar-refractivity contribution is 5.93. The largest absolute Gasteiger partial charge is 0.472 e. The van der Waals surface area contributed by atoms with Crippen molar-refractivity contribution >= 4 is 5.91 Å². The van der Waals surface area contributed by atoms with Gasteiger partial charge in [0, 0.05) is 18.5 Å². The number of nitrogens with zero attached hydrogens (tertiary/aromatic N) is 1. The van der Waals surface area contributed by atoms with Gasteiger partial charge in [-0.3, -0.25) is 4.79 Å². The molecule has 1 aromatic heterocycles. The van der Waals surface area contributed by atoms with E-state index < -0.39 is 0 Å². The minimum atomic E-state index is -0.174. The van der Waals surface area contributed by atoms with Gasteiger partial charge in [0.15, 0.2) is 0 Å². The first-order valence-corrected chi connectivity index (χ1v) is 8.69. The van der Waals surface area contributed by atoms with Crippen molar-refractivity contribution < 1.29 is 14.3 Å². The monoisotopic (exact) mass is 327 g/mol. The lowest BCUT2D eigenvalue weighted by Crippen LogP contribution is -2.47. The highest BCUT2D eigenvalue weighted by atomic mass is 16.3. The van der Waals surface area contributed by atoms with Crippen LogP contribution in [0.3, 0.4) is 0 Å². The Balaban J connectivity index is 1.60. The van der Waals surface area contributed by atoms with E-state index in [9.17, 15) is 9.90 Å². The second kappa shape index (κ2) is 7.67. The predicted octanol–water partition coefficient (Wildman–Crippen LogP) is 3.52. The zero-order chi connectivity index (χ0) is 16.8. The zero-order valence-corrected chi connectivity index (χ0v) is 14.0. The number of likely N-dealkylation sites (tertiary alicyclic amines) is 1. The molecule has 1 aromatic carbocycles. The molecule has 1 atom stereocenters. The zero-order valence-electron chi connectivity index (χ0n) is 14.0. The molecule has 1 aliphatic rings. The van der Waals surface area contributed by atoms with E-state index in [2.05, 4.69) is 24.3 Å². The summed E-state index contributed by atoms with van der Waals surface area (Å²) in [5, 5.41) is 10.0. The quantitative estimate of drug-likeness (QED) is 0.883. The van der Waals surface area contributed by atoms with Crippen molar-refractivity contribution in [3.05, 3.63) is 60.1 Å². The second-order valence-electron chi connectivity index (χ2n) is 6.84. The number of piperidine rings is 1. The third-order valence-electron chi connectivity index (χ3n) is 5.07. The summed E-state index contributed by atoms with van der Waals surface area (Å²) in [6.45, 7) is 1.52. The Morgan fingerprint density at radius 3 is 2.79 bits per heavy atom. The number of furan rings is 1. The summed E-state index contributed by atoms with van der Waals surface area (Å²) >= 11 is 0. The maximum atomic E-state index is 12.5. The average molecular weight is 327 g/mol. The van der Waals surface area contributed by atoms with Gasteiger partial charge in [0.2, 0.25) is 0 Å². The van der Waals surface area contributed by atoms with Crippen molar-refractivity contribution in [2.24, 2.45) is 5.41 Å². The maximum Gasteiger partial charge on any atom is 0.257 e. The van der Waals surface area contributed by atoms with Gasteiger partial charge in [-0.1, -0.05) is 30.3 Å². The molecular weight excluding hydrogens is 302 g/mol. The van der Waals surface area contributed by atoms with Crippen molar-refractivity contribution in [1.82, 2.24) is 4.90 Å². The first-order chi connectivity index (χ1) is 11.7. The number of amides is 1. The van der Waals surface area contributed by atoms with Gasteiger partial charge in [-0.2, -0.15) is 0 Å². The van der Waals surface area contributed by atoms with Gasteiger partial charge in [-0.15, -0.1) is 0 Å². The Hall–Kier alpha value is -2.07. The molecule has 2 aromatic rings. The van der Waals surface area contributed by atoms with Crippen molar-refractivity contribution in [2.75, 3.05) is 19.7 Å². The topological polar surface area (TPSA) is 53.7 Å². The van der Waals surface area contributed by atoms with Crippen LogP contribution >= 0.6 is 0 Å². The van der Waals surface area contributed by atoms with Crippen LogP contribution in [0.2, 0.25) is 0 Å². The number of aliphatic hydroxyl groups is 1. The molecule has 0 bridgehead atoms. The molecule has 0 aliphatic carbocycles. The molecule has 128 valence electrons. The van der Waals surface area contributed by atoms with Crippen LogP contribution in [-0.4, -0.2) is 35.6 Å². The van der Waals surface area contributed by atoms with E-state index in [-0.39, 0.29) is 17.9 Å². The fraction of sp³-hybridized carbons (Fsp3) is 0.450. The van der Waals surface area contributed by atoms with Crippen molar-refractivity contribution in [3.8, 4) is 0 Å². The third-order valence-corrected chi connectivity index (χ3v) is 5.07. The van der Waals surface area contributed by atoms with E-state index in [0.717, 1.165) is 38.6 Å². The van der Waals surface area contributed by atoms with Gasteiger partial charge in [0.25, 0.3) is 5.91 Å². The van der Waals surface area contributed by atoms with Crippen LogP contribution < -0.4 is 0 Å². The third kappa shape index (κ3) is 3.88. The summed E-state index contributed by atoms with van der Waals surface area (Å²) < 4.78 is 5.02. The van der Waals surface area contributed by atoms with E-state index in [0.29, 0.717) is 12.1 Å². The highest BCUT2D eigenvalue weighted by Crippen LogP contribution is 2.35. The summed E-state index contributed by atoms with van der Waals surface area (Å²) in [6, 6.07) is 12.1. The normalized spacial score (nSPS) is 21.0. The molecule has 0 unspecified atom stereocenters. The van der Waals surface area contributed by atoms with Gasteiger partial charge in [-0.05, 0) is 43.7 Å². The summed E-state index contributed by atoms with van der Waals surface area (Å²) in [6.07, 6.45) is 7.91. The highest BCUT2D eigenvalue weighted by Gasteiger charge is 2.36. The SMILES string of the molecule is O=C(c1ccoc1)N1CCC[C@@](CO)(CCCc2ccccc2)C1. The van der Waals surface area contributed by atoms with Gasteiger partial charge in [0.05, 0.1) is 18.4 Å². The fourth-order valence-electron chi connectivity index (χ4n) is 3.67. The van der Waals surface area contributed by atoms with Crippen LogP contribution in [0.25, 0.3) is 0 Å². The van der Waals surface area contributed by atoms with Gasteiger partial charge in [0.1, 0.15) is 6.26 Å².